The van der Waals surface area contributed by atoms with Crippen LogP contribution in [-0.2, 0) is 48.9 Å². The molecular formula is C53H50ClN7O10. The number of carbonyl (C=O) groups excluding carboxylic acids is 1. The molecule has 3 heterocycles. The molecular weight excluding hydrogens is 930 g/mol. The molecule has 18 heteroatoms. The molecule has 0 bridgehead atoms. The van der Waals surface area contributed by atoms with Crippen LogP contribution in [0.25, 0.3) is 11.1 Å². The van der Waals surface area contributed by atoms with Crippen molar-refractivity contribution in [3.8, 4) is 40.5 Å². The molecule has 71 heavy (non-hydrogen) atoms. The van der Waals surface area contributed by atoms with Gasteiger partial charge in [-0.15, -0.1) is 0 Å². The zero-order valence-electron chi connectivity index (χ0n) is 38.6. The minimum Gasteiger partial charge on any atom is -0.488 e. The van der Waals surface area contributed by atoms with E-state index in [2.05, 4.69) is 32.7 Å². The Balaban J connectivity index is 1.09. The molecule has 0 aliphatic carbocycles. The summed E-state index contributed by atoms with van der Waals surface area (Å²) in [6.07, 6.45) is 3.65. The predicted molar refractivity (Wildman–Crippen MR) is 261 cm³/mol. The summed E-state index contributed by atoms with van der Waals surface area (Å²) in [5, 5.41) is 63.5. The van der Waals surface area contributed by atoms with Crippen LogP contribution in [0.4, 0.5) is 5.69 Å². The van der Waals surface area contributed by atoms with Crippen LogP contribution < -0.4 is 29.7 Å². The topological polar surface area (TPSA) is 260 Å². The minimum atomic E-state index is -1.12. The van der Waals surface area contributed by atoms with Crippen molar-refractivity contribution in [1.29, 1.82) is 10.5 Å². The van der Waals surface area contributed by atoms with Crippen molar-refractivity contribution >= 4 is 35.1 Å². The zero-order chi connectivity index (χ0) is 50.4. The third-order valence-corrected chi connectivity index (χ3v) is 12.0. The zero-order valence-corrected chi connectivity index (χ0v) is 39.4. The van der Waals surface area contributed by atoms with Gasteiger partial charge in [0.15, 0.2) is 0 Å². The van der Waals surface area contributed by atoms with Crippen LogP contribution in [0, 0.1) is 29.6 Å². The number of nitrogens with one attached hydrogen (secondary N) is 2. The normalized spacial score (nSPS) is 12.6. The number of carbonyl (C=O) groups is 3. The van der Waals surface area contributed by atoms with Gasteiger partial charge in [0.05, 0.1) is 41.2 Å². The fourth-order valence-electron chi connectivity index (χ4n) is 8.14. The lowest BCUT2D eigenvalue weighted by atomic mass is 9.92. The van der Waals surface area contributed by atoms with Crippen LogP contribution >= 0.6 is 11.6 Å². The highest BCUT2D eigenvalue weighted by atomic mass is 35.5. The number of carboxylic acid groups (broad SMARTS) is 2. The quantitative estimate of drug-likeness (QED) is 0.0393. The second kappa shape index (κ2) is 24.1. The Morgan fingerprint density at radius 2 is 1.28 bits per heavy atom. The number of anilines is 1. The highest BCUT2D eigenvalue weighted by molar-refractivity contribution is 6.32. The van der Waals surface area contributed by atoms with Gasteiger partial charge in [-0.1, -0.05) is 48.0 Å². The highest BCUT2D eigenvalue weighted by Crippen LogP contribution is 2.40. The number of aliphatic hydroxyl groups excluding tert-OH is 2. The Morgan fingerprint density at radius 3 is 1.90 bits per heavy atom. The van der Waals surface area contributed by atoms with Crippen molar-refractivity contribution in [1.82, 2.24) is 20.6 Å². The number of carboxylic acids is 2. The number of hydrogen-bond acceptors (Lipinski definition) is 14. The van der Waals surface area contributed by atoms with Gasteiger partial charge in [-0.05, 0) is 77.6 Å². The molecule has 0 saturated carbocycles. The number of fused-ring (bicyclic) bond motifs is 1. The fraction of sp³-hybridized carbons (Fsp3) is 0.264. The van der Waals surface area contributed by atoms with E-state index in [-0.39, 0.29) is 51.9 Å². The minimum absolute atomic E-state index is 0.0156. The van der Waals surface area contributed by atoms with Crippen LogP contribution in [-0.4, -0.2) is 80.1 Å². The first-order valence-corrected chi connectivity index (χ1v) is 22.9. The molecule has 4 aromatic carbocycles. The van der Waals surface area contributed by atoms with Gasteiger partial charge < -0.3 is 50.2 Å². The number of amides is 1. The summed E-state index contributed by atoms with van der Waals surface area (Å²) in [6, 6.07) is 27.8. The molecule has 0 radical (unpaired) electrons. The van der Waals surface area contributed by atoms with Crippen LogP contribution in [0.2, 0.25) is 5.02 Å². The van der Waals surface area contributed by atoms with Crippen molar-refractivity contribution in [2.24, 2.45) is 0 Å². The summed E-state index contributed by atoms with van der Waals surface area (Å²) >= 11 is 6.80. The summed E-state index contributed by atoms with van der Waals surface area (Å²) in [5.41, 5.74) is 9.28. The van der Waals surface area contributed by atoms with E-state index in [1.54, 1.807) is 59.8 Å². The lowest BCUT2D eigenvalue weighted by Crippen LogP contribution is -2.29. The van der Waals surface area contributed by atoms with Gasteiger partial charge in [0.1, 0.15) is 49.2 Å². The molecule has 0 fully saturated rings. The number of aliphatic hydroxyl groups is 2. The van der Waals surface area contributed by atoms with Crippen LogP contribution in [0.15, 0.2) is 104 Å². The van der Waals surface area contributed by atoms with Gasteiger partial charge in [-0.3, -0.25) is 24.4 Å². The van der Waals surface area contributed by atoms with Crippen molar-refractivity contribution in [2.45, 2.75) is 71.3 Å². The number of ether oxygens (including phenoxy) is 3. The number of aliphatic carboxylic acids is 2. The van der Waals surface area contributed by atoms with E-state index in [9.17, 15) is 35.1 Å². The first kappa shape index (κ1) is 51.0. The smallest absolute Gasteiger partial charge is 0.306 e. The summed E-state index contributed by atoms with van der Waals surface area (Å²) in [5.74, 6) is -1.32. The number of nitriles is 2. The largest absolute Gasteiger partial charge is 0.488 e. The molecule has 7 rings (SSSR count). The van der Waals surface area contributed by atoms with E-state index < -0.39 is 37.0 Å². The maximum atomic E-state index is 14.4. The third-order valence-electron chi connectivity index (χ3n) is 11.7. The average Bonchev–Trinajstić information content (AvgIpc) is 3.80. The number of nitrogens with zero attached hydrogens (tertiary/aromatic N) is 5. The summed E-state index contributed by atoms with van der Waals surface area (Å²) in [7, 11) is 0. The fourth-order valence-corrected chi connectivity index (χ4v) is 8.38. The van der Waals surface area contributed by atoms with Gasteiger partial charge in [0.2, 0.25) is 0 Å². The maximum Gasteiger partial charge on any atom is 0.306 e. The van der Waals surface area contributed by atoms with Gasteiger partial charge in [-0.25, -0.2) is 0 Å². The van der Waals surface area contributed by atoms with E-state index >= 15 is 0 Å². The maximum absolute atomic E-state index is 14.4. The highest BCUT2D eigenvalue weighted by Gasteiger charge is 2.29. The predicted octanol–water partition coefficient (Wildman–Crippen LogP) is 6.64. The number of aromatic nitrogens is 2. The molecule has 2 atom stereocenters. The van der Waals surface area contributed by atoms with Gasteiger partial charge in [0, 0.05) is 97.1 Å². The van der Waals surface area contributed by atoms with Crippen LogP contribution in [0.3, 0.4) is 0 Å². The number of halogens is 1. The molecule has 1 amide bonds. The Bertz CT molecular complexity index is 3010. The Hall–Kier alpha value is -7.90. The summed E-state index contributed by atoms with van der Waals surface area (Å²) in [4.78, 5) is 46.5. The molecule has 0 saturated heterocycles. The van der Waals surface area contributed by atoms with E-state index in [1.807, 2.05) is 43.3 Å². The number of rotatable bonds is 23. The molecule has 1 aliphatic heterocycles. The Kier molecular flexibility index (Phi) is 17.3. The van der Waals surface area contributed by atoms with Crippen LogP contribution in [0.5, 0.6) is 17.2 Å². The lowest BCUT2D eigenvalue weighted by Gasteiger charge is -2.20. The standard InChI is InChI=1S/C53H50ClN7O10/c1-32-39(31-71-50-18-49(70-30-36-13-34(20-56)22-58-24-36)40(14-46(50)54)26-60-28-42(63)17-52(66)67)4-2-5-43(32)44-6-3-7-47-45(44)10-11-61(47)53(68)37-8-9-38(25-59-27-41(62)16-51(64)65)48(15-37)69-29-35-12-33(19-55)21-57-23-35/h2-9,12-15,18,21-24,41-42,59-60,62-63H,10-11,16-17,25-31H2,1H3,(H,64,65)(H,66,67). The first-order chi connectivity index (χ1) is 34.3. The molecule has 2 unspecified atom stereocenters. The molecule has 0 spiro atoms. The van der Waals surface area contributed by atoms with Gasteiger partial charge >= 0.3 is 11.9 Å². The summed E-state index contributed by atoms with van der Waals surface area (Å²) < 4.78 is 18.8. The molecule has 6 N–H and O–H groups in total. The average molecular weight is 980 g/mol. The number of hydrogen-bond donors (Lipinski definition) is 6. The molecule has 17 nitrogen and oxygen atoms in total. The van der Waals surface area contributed by atoms with E-state index in [4.69, 9.17) is 36.0 Å². The van der Waals surface area contributed by atoms with E-state index in [1.165, 1.54) is 12.4 Å². The SMILES string of the molecule is Cc1c(COc2cc(OCc3cncc(C#N)c3)c(CNCC(O)CC(=O)O)cc2Cl)cccc1-c1cccc2c1CCN2C(=O)c1ccc(CNCC(O)CC(=O)O)c(OCc2cncc(C#N)c2)c1. The monoisotopic (exact) mass is 979 g/mol. The second-order valence-electron chi connectivity index (χ2n) is 16.8. The summed E-state index contributed by atoms with van der Waals surface area (Å²) in [6.45, 7) is 3.16. The number of pyridine rings is 2. The van der Waals surface area contributed by atoms with Crippen molar-refractivity contribution < 1.29 is 49.0 Å². The van der Waals surface area contributed by atoms with Crippen molar-refractivity contribution in [3.05, 3.63) is 164 Å². The lowest BCUT2D eigenvalue weighted by molar-refractivity contribution is -0.140. The van der Waals surface area contributed by atoms with Gasteiger partial charge in [-0.2, -0.15) is 10.5 Å². The second-order valence-corrected chi connectivity index (χ2v) is 17.2. The molecule has 364 valence electrons. The van der Waals surface area contributed by atoms with E-state index in [0.29, 0.717) is 74.2 Å². The van der Waals surface area contributed by atoms with Crippen molar-refractivity contribution in [2.75, 3.05) is 24.5 Å². The molecule has 2 aromatic heterocycles. The molecule has 1 aliphatic rings. The van der Waals surface area contributed by atoms with E-state index in [0.717, 1.165) is 33.5 Å². The first-order valence-electron chi connectivity index (χ1n) is 22.6. The third kappa shape index (κ3) is 13.5. The van der Waals surface area contributed by atoms with Gasteiger partial charge in [0.25, 0.3) is 5.91 Å². The van der Waals surface area contributed by atoms with Crippen molar-refractivity contribution in [3.63, 3.8) is 0 Å². The number of benzene rings is 4. The molecule has 6 aromatic rings. The Morgan fingerprint density at radius 1 is 0.704 bits per heavy atom. The Labute approximate surface area is 414 Å². The van der Waals surface area contributed by atoms with Crippen LogP contribution in [0.1, 0.15) is 73.3 Å².